The van der Waals surface area contributed by atoms with Gasteiger partial charge in [0.05, 0.1) is 6.04 Å². The minimum Gasteiger partial charge on any atom is -0.457 e. The van der Waals surface area contributed by atoms with Gasteiger partial charge < -0.3 is 19.7 Å². The van der Waals surface area contributed by atoms with Crippen molar-refractivity contribution < 1.29 is 31.8 Å². The van der Waals surface area contributed by atoms with Crippen LogP contribution in [0.15, 0.2) is 77.7 Å². The average molecular weight is 475 g/mol. The van der Waals surface area contributed by atoms with Gasteiger partial charge in [-0.05, 0) is 60.5 Å². The molecule has 10 heteroatoms. The summed E-state index contributed by atoms with van der Waals surface area (Å²) in [5.41, 5.74) is 0.807. The third kappa shape index (κ3) is 5.56. The van der Waals surface area contributed by atoms with Crippen molar-refractivity contribution in [2.24, 2.45) is 4.99 Å². The number of amidine groups is 1. The standard InChI is InChI=1S/C24H21F4N3O3/c1-2-20-22(31-14-16(25)5-12-21(31)30-20)23(32)29-13-15-3-6-17(7-4-15)33-18-8-10-19(11-9-18)34-24(26,27)28/h3-12,14,20,22H,2,13H2,1H3,(H,29,32). The number of rotatable bonds is 7. The van der Waals surface area contributed by atoms with Crippen molar-refractivity contribution in [3.63, 3.8) is 0 Å². The van der Waals surface area contributed by atoms with Crippen LogP contribution in [0.2, 0.25) is 0 Å². The summed E-state index contributed by atoms with van der Waals surface area (Å²) >= 11 is 0. The Hall–Kier alpha value is -3.82. The zero-order chi connectivity index (χ0) is 24.3. The number of ether oxygens (including phenoxy) is 2. The highest BCUT2D eigenvalue weighted by atomic mass is 19.4. The Labute approximate surface area is 193 Å². The van der Waals surface area contributed by atoms with E-state index in [0.717, 1.165) is 17.7 Å². The third-order valence-electron chi connectivity index (χ3n) is 5.25. The molecule has 4 rings (SSSR count). The number of hydrogen-bond donors (Lipinski definition) is 1. The second-order valence-electron chi connectivity index (χ2n) is 7.65. The van der Waals surface area contributed by atoms with E-state index in [0.29, 0.717) is 23.8 Å². The van der Waals surface area contributed by atoms with Gasteiger partial charge in [-0.3, -0.25) is 9.79 Å². The number of halogens is 4. The molecule has 1 amide bonds. The number of carbonyl (C=O) groups excluding carboxylic acids is 1. The summed E-state index contributed by atoms with van der Waals surface area (Å²) < 4.78 is 59.9. The van der Waals surface area contributed by atoms with Crippen molar-refractivity contribution in [1.82, 2.24) is 10.2 Å². The highest BCUT2D eigenvalue weighted by Gasteiger charge is 2.39. The minimum atomic E-state index is -4.75. The maximum Gasteiger partial charge on any atom is 0.573 e. The quantitative estimate of drug-likeness (QED) is 0.557. The molecule has 6 nitrogen and oxygen atoms in total. The zero-order valence-electron chi connectivity index (χ0n) is 18.1. The van der Waals surface area contributed by atoms with E-state index >= 15 is 0 Å². The highest BCUT2D eigenvalue weighted by molar-refractivity contribution is 6.01. The van der Waals surface area contributed by atoms with E-state index in [1.807, 2.05) is 6.92 Å². The minimum absolute atomic E-state index is 0.251. The van der Waals surface area contributed by atoms with Crippen molar-refractivity contribution in [1.29, 1.82) is 0 Å². The zero-order valence-corrected chi connectivity index (χ0v) is 18.1. The predicted octanol–water partition coefficient (Wildman–Crippen LogP) is 5.24. The molecule has 2 aliphatic rings. The van der Waals surface area contributed by atoms with E-state index in [-0.39, 0.29) is 24.2 Å². The maximum atomic E-state index is 13.7. The molecule has 178 valence electrons. The van der Waals surface area contributed by atoms with E-state index in [1.165, 1.54) is 24.4 Å². The van der Waals surface area contributed by atoms with Gasteiger partial charge in [-0.15, -0.1) is 13.2 Å². The van der Waals surface area contributed by atoms with E-state index < -0.39 is 18.2 Å². The molecule has 2 atom stereocenters. The van der Waals surface area contributed by atoms with Gasteiger partial charge in [0.2, 0.25) is 5.91 Å². The van der Waals surface area contributed by atoms with Crippen molar-refractivity contribution in [2.45, 2.75) is 38.3 Å². The van der Waals surface area contributed by atoms with Crippen LogP contribution in [-0.2, 0) is 11.3 Å². The summed E-state index contributed by atoms with van der Waals surface area (Å²) in [5, 5.41) is 2.87. The number of fused-ring (bicyclic) bond motifs is 1. The molecule has 2 aliphatic heterocycles. The lowest BCUT2D eigenvalue weighted by molar-refractivity contribution is -0.274. The average Bonchev–Trinajstić information content (AvgIpc) is 3.16. The van der Waals surface area contributed by atoms with E-state index in [1.54, 1.807) is 35.2 Å². The van der Waals surface area contributed by atoms with E-state index in [2.05, 4.69) is 15.0 Å². The Balaban J connectivity index is 1.32. The second kappa shape index (κ2) is 9.58. The van der Waals surface area contributed by atoms with Gasteiger partial charge in [0.25, 0.3) is 0 Å². The predicted molar refractivity (Wildman–Crippen MR) is 117 cm³/mol. The molecule has 2 heterocycles. The molecule has 0 saturated carbocycles. The molecule has 0 saturated heterocycles. The maximum absolute atomic E-state index is 13.7. The molecular formula is C24H21F4N3O3. The topological polar surface area (TPSA) is 63.2 Å². The SMILES string of the molecule is CCC1N=C2C=CC(F)=CN2C1C(=O)NCc1ccc(Oc2ccc(OC(F)(F)F)cc2)cc1. The van der Waals surface area contributed by atoms with Gasteiger partial charge in [0, 0.05) is 12.7 Å². The Kier molecular flexibility index (Phi) is 6.58. The number of hydrogen-bond acceptors (Lipinski definition) is 5. The van der Waals surface area contributed by atoms with Crippen LogP contribution >= 0.6 is 0 Å². The van der Waals surface area contributed by atoms with Crippen LogP contribution in [0.4, 0.5) is 17.6 Å². The number of aliphatic imine (C=N–C) groups is 1. The van der Waals surface area contributed by atoms with Gasteiger partial charge in [-0.25, -0.2) is 4.39 Å². The van der Waals surface area contributed by atoms with Crippen LogP contribution in [0.1, 0.15) is 18.9 Å². The van der Waals surface area contributed by atoms with Crippen LogP contribution in [0.5, 0.6) is 17.2 Å². The number of alkyl halides is 3. The molecule has 2 aromatic carbocycles. The Bertz CT molecular complexity index is 1130. The Morgan fingerprint density at radius 2 is 1.65 bits per heavy atom. The number of nitrogens with zero attached hydrogens (tertiary/aromatic N) is 2. The largest absolute Gasteiger partial charge is 0.573 e. The number of amides is 1. The van der Waals surface area contributed by atoms with Gasteiger partial charge in [-0.1, -0.05) is 19.1 Å². The first-order chi connectivity index (χ1) is 16.2. The number of carbonyl (C=O) groups is 1. The van der Waals surface area contributed by atoms with Gasteiger partial charge >= 0.3 is 6.36 Å². The monoisotopic (exact) mass is 475 g/mol. The first-order valence-corrected chi connectivity index (χ1v) is 10.5. The van der Waals surface area contributed by atoms with Crippen LogP contribution in [-0.4, -0.2) is 35.1 Å². The first-order valence-electron chi connectivity index (χ1n) is 10.5. The fourth-order valence-electron chi connectivity index (χ4n) is 3.67. The normalized spacial score (nSPS) is 19.3. The Morgan fingerprint density at radius 1 is 1.03 bits per heavy atom. The summed E-state index contributed by atoms with van der Waals surface area (Å²) in [6, 6.07) is 11.0. The molecule has 2 unspecified atom stereocenters. The van der Waals surface area contributed by atoms with Crippen molar-refractivity contribution in [2.75, 3.05) is 0 Å². The molecule has 0 bridgehead atoms. The summed E-state index contributed by atoms with van der Waals surface area (Å²) in [6.45, 7) is 2.17. The molecular weight excluding hydrogens is 454 g/mol. The molecule has 1 N–H and O–H groups in total. The van der Waals surface area contributed by atoms with E-state index in [4.69, 9.17) is 4.74 Å². The van der Waals surface area contributed by atoms with Gasteiger partial charge in [0.15, 0.2) is 0 Å². The summed E-state index contributed by atoms with van der Waals surface area (Å²) in [7, 11) is 0. The summed E-state index contributed by atoms with van der Waals surface area (Å²) in [5.74, 6) is 0.343. The highest BCUT2D eigenvalue weighted by Crippen LogP contribution is 2.28. The fraction of sp³-hybridized carbons (Fsp3) is 0.250. The molecule has 2 aromatic rings. The Morgan fingerprint density at radius 3 is 2.26 bits per heavy atom. The van der Waals surface area contributed by atoms with Gasteiger partial charge in [-0.2, -0.15) is 0 Å². The van der Waals surface area contributed by atoms with Crippen molar-refractivity contribution in [3.05, 3.63) is 78.3 Å². The smallest absolute Gasteiger partial charge is 0.457 e. The van der Waals surface area contributed by atoms with Crippen LogP contribution in [0.3, 0.4) is 0 Å². The second-order valence-corrected chi connectivity index (χ2v) is 7.65. The van der Waals surface area contributed by atoms with Crippen LogP contribution < -0.4 is 14.8 Å². The van der Waals surface area contributed by atoms with Crippen LogP contribution in [0, 0.1) is 0 Å². The molecule has 0 aliphatic carbocycles. The summed E-state index contributed by atoms with van der Waals surface area (Å²) in [4.78, 5) is 18.9. The van der Waals surface area contributed by atoms with Crippen LogP contribution in [0.25, 0.3) is 0 Å². The first kappa shape index (κ1) is 23.3. The fourth-order valence-corrected chi connectivity index (χ4v) is 3.67. The lowest BCUT2D eigenvalue weighted by Crippen LogP contribution is -2.48. The number of allylic oxidation sites excluding steroid dienone is 2. The number of nitrogens with one attached hydrogen (secondary N) is 1. The third-order valence-corrected chi connectivity index (χ3v) is 5.25. The molecule has 0 aromatic heterocycles. The molecule has 0 fully saturated rings. The van der Waals surface area contributed by atoms with Crippen molar-refractivity contribution in [3.8, 4) is 17.2 Å². The van der Waals surface area contributed by atoms with E-state index in [9.17, 15) is 22.4 Å². The lowest BCUT2D eigenvalue weighted by Gasteiger charge is -2.26. The molecule has 34 heavy (non-hydrogen) atoms. The molecule has 0 spiro atoms. The summed E-state index contributed by atoms with van der Waals surface area (Å²) in [6.07, 6.45) is 0.0385. The van der Waals surface area contributed by atoms with Gasteiger partial charge in [0.1, 0.15) is 35.0 Å². The molecule has 0 radical (unpaired) electrons. The number of benzene rings is 2. The van der Waals surface area contributed by atoms with Crippen molar-refractivity contribution >= 4 is 11.7 Å². The lowest BCUT2D eigenvalue weighted by atomic mass is 10.1.